The summed E-state index contributed by atoms with van der Waals surface area (Å²) in [5, 5.41) is 11.1. The number of amides is 2. The fraction of sp³-hybridized carbons (Fsp3) is 0.500. The Labute approximate surface area is 273 Å². The second-order valence-corrected chi connectivity index (χ2v) is 13.5. The minimum absolute atomic E-state index is 0.0377. The number of carbonyl (C=O) groups excluding carboxylic acids is 2. The molecule has 0 spiro atoms. The SMILES string of the molecule is CC(C)(C)OC(=O)N1CCN(c2ccc3[nH]cc([N+](=O)[O-])c3n2)CC1.CC(C)(C)OC(=O)N1CCN(c2ccc3[nH]ccc3n2)CC1. The highest BCUT2D eigenvalue weighted by atomic mass is 16.6. The highest BCUT2D eigenvalue weighted by Gasteiger charge is 2.28. The van der Waals surface area contributed by atoms with E-state index in [1.54, 1.807) is 15.9 Å². The molecule has 0 aliphatic carbocycles. The maximum Gasteiger partial charge on any atom is 0.410 e. The lowest BCUT2D eigenvalue weighted by Crippen LogP contribution is -2.50. The van der Waals surface area contributed by atoms with E-state index in [1.165, 1.54) is 6.20 Å². The molecule has 47 heavy (non-hydrogen) atoms. The smallest absolute Gasteiger partial charge is 0.410 e. The number of nitrogens with one attached hydrogen (secondary N) is 2. The van der Waals surface area contributed by atoms with Crippen LogP contribution in [0.3, 0.4) is 0 Å². The van der Waals surface area contributed by atoms with E-state index in [4.69, 9.17) is 9.47 Å². The van der Waals surface area contributed by atoms with Crippen LogP contribution in [0.5, 0.6) is 0 Å². The van der Waals surface area contributed by atoms with Gasteiger partial charge in [-0.25, -0.2) is 19.6 Å². The molecule has 2 fully saturated rings. The van der Waals surface area contributed by atoms with Crippen LogP contribution in [-0.4, -0.2) is 110 Å². The summed E-state index contributed by atoms with van der Waals surface area (Å²) in [6.45, 7) is 16.2. The summed E-state index contributed by atoms with van der Waals surface area (Å²) in [6.07, 6.45) is 2.68. The summed E-state index contributed by atoms with van der Waals surface area (Å²) >= 11 is 0. The van der Waals surface area contributed by atoms with Crippen molar-refractivity contribution in [3.63, 3.8) is 0 Å². The van der Waals surface area contributed by atoms with Gasteiger partial charge in [0.15, 0.2) is 5.52 Å². The van der Waals surface area contributed by atoms with Gasteiger partial charge in [0.05, 0.1) is 27.7 Å². The average molecular weight is 650 g/mol. The van der Waals surface area contributed by atoms with Gasteiger partial charge >= 0.3 is 17.9 Å². The number of hydrogen-bond acceptors (Lipinski definition) is 10. The number of aromatic nitrogens is 4. The molecule has 15 nitrogen and oxygen atoms in total. The number of hydrogen-bond donors (Lipinski definition) is 2. The van der Waals surface area contributed by atoms with Crippen LogP contribution in [0.1, 0.15) is 41.5 Å². The Morgan fingerprint density at radius 1 is 0.723 bits per heavy atom. The van der Waals surface area contributed by atoms with Gasteiger partial charge in [0.2, 0.25) is 0 Å². The Morgan fingerprint density at radius 2 is 1.21 bits per heavy atom. The van der Waals surface area contributed by atoms with E-state index < -0.39 is 16.1 Å². The van der Waals surface area contributed by atoms with Gasteiger partial charge in [-0.1, -0.05) is 0 Å². The van der Waals surface area contributed by atoms with Gasteiger partial charge in [-0.05, 0) is 71.9 Å². The molecule has 0 radical (unpaired) electrons. The van der Waals surface area contributed by atoms with E-state index in [1.807, 2.05) is 76.9 Å². The molecule has 2 aliphatic rings. The molecule has 6 rings (SSSR count). The zero-order valence-electron chi connectivity index (χ0n) is 27.8. The first-order chi connectivity index (χ1) is 22.2. The molecular formula is C32H43N9O6. The zero-order valence-corrected chi connectivity index (χ0v) is 27.8. The van der Waals surface area contributed by atoms with E-state index in [2.05, 4.69) is 24.8 Å². The van der Waals surface area contributed by atoms with Crippen LogP contribution in [0.25, 0.3) is 22.1 Å². The summed E-state index contributed by atoms with van der Waals surface area (Å²) in [4.78, 5) is 57.5. The summed E-state index contributed by atoms with van der Waals surface area (Å²) in [5.41, 5.74) is 1.97. The second-order valence-electron chi connectivity index (χ2n) is 13.5. The summed E-state index contributed by atoms with van der Waals surface area (Å²) < 4.78 is 10.8. The Hall–Kier alpha value is -5.08. The van der Waals surface area contributed by atoms with Crippen LogP contribution >= 0.6 is 0 Å². The molecule has 6 heterocycles. The van der Waals surface area contributed by atoms with E-state index in [9.17, 15) is 19.7 Å². The summed E-state index contributed by atoms with van der Waals surface area (Å²) in [7, 11) is 0. The molecular weight excluding hydrogens is 606 g/mol. The molecule has 4 aromatic heterocycles. The predicted molar refractivity (Wildman–Crippen MR) is 179 cm³/mol. The quantitative estimate of drug-likeness (QED) is 0.224. The molecule has 2 saturated heterocycles. The lowest BCUT2D eigenvalue weighted by Gasteiger charge is -2.36. The summed E-state index contributed by atoms with van der Waals surface area (Å²) in [6, 6.07) is 9.63. The number of nitrogens with zero attached hydrogens (tertiary/aromatic N) is 7. The van der Waals surface area contributed by atoms with Crippen molar-refractivity contribution in [3.8, 4) is 0 Å². The lowest BCUT2D eigenvalue weighted by molar-refractivity contribution is -0.383. The zero-order chi connectivity index (χ0) is 33.9. The maximum absolute atomic E-state index is 12.1. The van der Waals surface area contributed by atoms with Crippen molar-refractivity contribution in [2.24, 2.45) is 0 Å². The van der Waals surface area contributed by atoms with Crippen molar-refractivity contribution >= 4 is 51.6 Å². The number of ether oxygens (including phenoxy) is 2. The molecule has 4 aromatic rings. The third kappa shape index (κ3) is 8.40. The van der Waals surface area contributed by atoms with Gasteiger partial charge in [-0.15, -0.1) is 0 Å². The number of rotatable bonds is 3. The first-order valence-electron chi connectivity index (χ1n) is 15.7. The van der Waals surface area contributed by atoms with Gasteiger partial charge in [-0.3, -0.25) is 10.1 Å². The third-order valence-corrected chi connectivity index (χ3v) is 7.59. The fourth-order valence-electron chi connectivity index (χ4n) is 5.28. The van der Waals surface area contributed by atoms with E-state index in [0.29, 0.717) is 56.1 Å². The highest BCUT2D eigenvalue weighted by molar-refractivity contribution is 5.86. The molecule has 0 aromatic carbocycles. The number of pyridine rings is 2. The first-order valence-corrected chi connectivity index (χ1v) is 15.7. The molecule has 2 aliphatic heterocycles. The largest absolute Gasteiger partial charge is 0.444 e. The van der Waals surface area contributed by atoms with Crippen molar-refractivity contribution in [2.75, 3.05) is 62.2 Å². The average Bonchev–Trinajstić information content (AvgIpc) is 3.66. The lowest BCUT2D eigenvalue weighted by atomic mass is 10.2. The van der Waals surface area contributed by atoms with Crippen LogP contribution in [-0.2, 0) is 9.47 Å². The fourth-order valence-corrected chi connectivity index (χ4v) is 5.28. The van der Waals surface area contributed by atoms with Gasteiger partial charge < -0.3 is 39.0 Å². The van der Waals surface area contributed by atoms with E-state index in [0.717, 1.165) is 29.9 Å². The Kier molecular flexibility index (Phi) is 9.45. The molecule has 15 heteroatoms. The van der Waals surface area contributed by atoms with Gasteiger partial charge in [0.25, 0.3) is 0 Å². The van der Waals surface area contributed by atoms with Crippen LogP contribution in [0.15, 0.2) is 42.7 Å². The number of nitro groups is 1. The Morgan fingerprint density at radius 3 is 1.70 bits per heavy atom. The monoisotopic (exact) mass is 649 g/mol. The molecule has 2 amide bonds. The number of aromatic amines is 2. The van der Waals surface area contributed by atoms with Gasteiger partial charge in [0, 0.05) is 58.6 Å². The van der Waals surface area contributed by atoms with Crippen LogP contribution in [0.4, 0.5) is 26.9 Å². The van der Waals surface area contributed by atoms with Crippen LogP contribution < -0.4 is 9.80 Å². The van der Waals surface area contributed by atoms with Crippen molar-refractivity contribution in [2.45, 2.75) is 52.7 Å². The normalized spacial score (nSPS) is 15.8. The van der Waals surface area contributed by atoms with Crippen molar-refractivity contribution < 1.29 is 24.0 Å². The highest BCUT2D eigenvalue weighted by Crippen LogP contribution is 2.26. The van der Waals surface area contributed by atoms with Gasteiger partial charge in [-0.2, -0.15) is 0 Å². The Bertz CT molecular complexity index is 1720. The number of fused-ring (bicyclic) bond motifs is 2. The van der Waals surface area contributed by atoms with Gasteiger partial charge in [0.1, 0.15) is 22.8 Å². The Balaban J connectivity index is 0.000000186. The molecule has 252 valence electrons. The number of carbonyl (C=O) groups is 2. The molecule has 0 unspecified atom stereocenters. The first kappa shape index (κ1) is 33.3. The van der Waals surface area contributed by atoms with Crippen LogP contribution in [0, 0.1) is 10.1 Å². The minimum Gasteiger partial charge on any atom is -0.444 e. The topological polar surface area (TPSA) is 166 Å². The second kappa shape index (κ2) is 13.3. The summed E-state index contributed by atoms with van der Waals surface area (Å²) in [5.74, 6) is 1.62. The number of anilines is 2. The molecule has 0 bridgehead atoms. The van der Waals surface area contributed by atoms with E-state index in [-0.39, 0.29) is 17.9 Å². The molecule has 0 saturated carbocycles. The van der Waals surface area contributed by atoms with Crippen LogP contribution in [0.2, 0.25) is 0 Å². The number of piperazine rings is 2. The molecule has 2 N–H and O–H groups in total. The third-order valence-electron chi connectivity index (χ3n) is 7.59. The van der Waals surface area contributed by atoms with Crippen molar-refractivity contribution in [3.05, 3.63) is 52.8 Å². The maximum atomic E-state index is 12.1. The molecule has 0 atom stereocenters. The number of H-pyrrole nitrogens is 2. The predicted octanol–water partition coefficient (Wildman–Crippen LogP) is 5.15. The standard InChI is InChI=1S/C16H21N5O4.C16H22N4O2/c1-16(2,3)25-15(22)20-8-6-19(7-9-20)13-5-4-11-14(18-13)12(10-17-11)21(23)24;1-16(2,3)22-15(21)20-10-8-19(9-11-20)14-5-4-12-13(18-14)6-7-17-12/h4-5,10,17H,6-9H2,1-3H3;4-7,17H,8-11H2,1-3H3. The van der Waals surface area contributed by atoms with Crippen molar-refractivity contribution in [1.29, 1.82) is 0 Å². The van der Waals surface area contributed by atoms with E-state index >= 15 is 0 Å². The minimum atomic E-state index is -0.520. The van der Waals surface area contributed by atoms with Crippen molar-refractivity contribution in [1.82, 2.24) is 29.7 Å².